The summed E-state index contributed by atoms with van der Waals surface area (Å²) < 4.78 is 17.7. The molecule has 0 aliphatic rings. The monoisotopic (exact) mass is 510 g/mol. The van der Waals surface area contributed by atoms with Crippen molar-refractivity contribution < 1.29 is 19.0 Å². The summed E-state index contributed by atoms with van der Waals surface area (Å²) in [5, 5.41) is 0. The fourth-order valence-corrected chi connectivity index (χ4v) is 4.09. The van der Waals surface area contributed by atoms with Crippen LogP contribution in [0.2, 0.25) is 0 Å². The van der Waals surface area contributed by atoms with Crippen molar-refractivity contribution in [3.8, 4) is 17.2 Å². The van der Waals surface area contributed by atoms with Crippen molar-refractivity contribution in [2.75, 3.05) is 20.2 Å². The van der Waals surface area contributed by atoms with Gasteiger partial charge >= 0.3 is 0 Å². The molecule has 1 amide bonds. The van der Waals surface area contributed by atoms with Crippen molar-refractivity contribution in [1.82, 2.24) is 4.90 Å². The zero-order valence-electron chi connectivity index (χ0n) is 21.7. The Morgan fingerprint density at radius 1 is 0.737 bits per heavy atom. The van der Waals surface area contributed by atoms with E-state index in [9.17, 15) is 4.79 Å². The van der Waals surface area contributed by atoms with Gasteiger partial charge in [-0.2, -0.15) is 0 Å². The summed E-state index contributed by atoms with van der Waals surface area (Å²) in [6.45, 7) is 2.28. The van der Waals surface area contributed by atoms with E-state index in [-0.39, 0.29) is 5.91 Å². The Bertz CT molecular complexity index is 1300. The SMILES string of the molecule is COc1cc(C(=O)N(CCCN)Cc2ccccc2OCc2ccccc2)ccc1OCc1ccccc1. The first-order chi connectivity index (χ1) is 18.7. The molecule has 2 N–H and O–H groups in total. The molecule has 0 aromatic heterocycles. The van der Waals surface area contributed by atoms with E-state index >= 15 is 0 Å². The Morgan fingerprint density at radius 2 is 1.34 bits per heavy atom. The Morgan fingerprint density at radius 3 is 1.97 bits per heavy atom. The highest BCUT2D eigenvalue weighted by atomic mass is 16.5. The van der Waals surface area contributed by atoms with E-state index in [1.54, 1.807) is 30.2 Å². The lowest BCUT2D eigenvalue weighted by Crippen LogP contribution is -2.32. The first-order valence-corrected chi connectivity index (χ1v) is 12.8. The number of rotatable bonds is 13. The van der Waals surface area contributed by atoms with E-state index in [1.807, 2.05) is 84.9 Å². The highest BCUT2D eigenvalue weighted by Crippen LogP contribution is 2.30. The van der Waals surface area contributed by atoms with Crippen molar-refractivity contribution in [2.45, 2.75) is 26.2 Å². The van der Waals surface area contributed by atoms with E-state index in [1.165, 1.54) is 0 Å². The number of hydrogen-bond donors (Lipinski definition) is 1. The quantitative estimate of drug-likeness (QED) is 0.244. The summed E-state index contributed by atoms with van der Waals surface area (Å²) in [6.07, 6.45) is 0.689. The molecule has 0 atom stereocenters. The van der Waals surface area contributed by atoms with Gasteiger partial charge in [0.1, 0.15) is 19.0 Å². The Hall–Kier alpha value is -4.29. The number of amides is 1. The zero-order valence-corrected chi connectivity index (χ0v) is 21.7. The topological polar surface area (TPSA) is 74.0 Å². The number of methoxy groups -OCH3 is 1. The Kier molecular flexibility index (Phi) is 9.76. The van der Waals surface area contributed by atoms with Gasteiger partial charge in [-0.05, 0) is 48.4 Å². The van der Waals surface area contributed by atoms with Gasteiger partial charge in [-0.25, -0.2) is 0 Å². The normalized spacial score (nSPS) is 10.6. The Balaban J connectivity index is 1.49. The Labute approximate surface area is 224 Å². The number of carbonyl (C=O) groups is 1. The second-order valence-electron chi connectivity index (χ2n) is 8.89. The maximum absolute atomic E-state index is 13.7. The lowest BCUT2D eigenvalue weighted by Gasteiger charge is -2.24. The minimum absolute atomic E-state index is 0.107. The van der Waals surface area contributed by atoms with Gasteiger partial charge in [0.15, 0.2) is 11.5 Å². The van der Waals surface area contributed by atoms with Crippen LogP contribution in [0, 0.1) is 0 Å². The van der Waals surface area contributed by atoms with Crippen LogP contribution in [0.1, 0.15) is 33.5 Å². The van der Waals surface area contributed by atoms with Crippen molar-refractivity contribution in [3.63, 3.8) is 0 Å². The molecule has 0 saturated heterocycles. The molecule has 4 rings (SSSR count). The zero-order chi connectivity index (χ0) is 26.6. The molecule has 0 radical (unpaired) electrons. The largest absolute Gasteiger partial charge is 0.493 e. The number of nitrogens with two attached hydrogens (primary N) is 1. The number of para-hydroxylation sites is 1. The van der Waals surface area contributed by atoms with Gasteiger partial charge in [-0.3, -0.25) is 4.79 Å². The van der Waals surface area contributed by atoms with Gasteiger partial charge in [0.25, 0.3) is 5.91 Å². The van der Waals surface area contributed by atoms with Gasteiger partial charge in [0.2, 0.25) is 0 Å². The van der Waals surface area contributed by atoms with Gasteiger partial charge in [-0.1, -0.05) is 78.9 Å². The van der Waals surface area contributed by atoms with Gasteiger partial charge in [0, 0.05) is 24.2 Å². The third-order valence-corrected chi connectivity index (χ3v) is 6.14. The molecule has 38 heavy (non-hydrogen) atoms. The van der Waals surface area contributed by atoms with Crippen molar-refractivity contribution in [1.29, 1.82) is 0 Å². The van der Waals surface area contributed by atoms with Crippen LogP contribution >= 0.6 is 0 Å². The number of ether oxygens (including phenoxy) is 3. The van der Waals surface area contributed by atoms with Crippen LogP contribution in [-0.4, -0.2) is 31.0 Å². The number of benzene rings is 4. The molecule has 6 nitrogen and oxygen atoms in total. The molecular weight excluding hydrogens is 476 g/mol. The maximum Gasteiger partial charge on any atom is 0.254 e. The van der Waals surface area contributed by atoms with Crippen molar-refractivity contribution in [3.05, 3.63) is 125 Å². The molecule has 0 saturated carbocycles. The average molecular weight is 511 g/mol. The first kappa shape index (κ1) is 26.8. The summed E-state index contributed by atoms with van der Waals surface area (Å²) in [5.74, 6) is 1.74. The summed E-state index contributed by atoms with van der Waals surface area (Å²) >= 11 is 0. The lowest BCUT2D eigenvalue weighted by atomic mass is 10.1. The molecule has 0 unspecified atom stereocenters. The van der Waals surface area contributed by atoms with Crippen molar-refractivity contribution >= 4 is 5.91 Å². The molecular formula is C32H34N2O4. The van der Waals surface area contributed by atoms with Crippen LogP contribution in [0.5, 0.6) is 17.2 Å². The van der Waals surface area contributed by atoms with E-state index in [4.69, 9.17) is 19.9 Å². The first-order valence-electron chi connectivity index (χ1n) is 12.8. The predicted octanol–water partition coefficient (Wildman–Crippen LogP) is 5.84. The highest BCUT2D eigenvalue weighted by Gasteiger charge is 2.20. The third kappa shape index (κ3) is 7.37. The van der Waals surface area contributed by atoms with Crippen molar-refractivity contribution in [2.24, 2.45) is 5.73 Å². The summed E-state index contributed by atoms with van der Waals surface area (Å²) in [6, 6.07) is 33.0. The van der Waals surface area contributed by atoms with E-state index in [0.29, 0.717) is 56.3 Å². The highest BCUT2D eigenvalue weighted by molar-refractivity contribution is 5.95. The standard InChI is InChI=1S/C32H34N2O4/c1-36-31-21-27(17-18-30(31)38-24-26-13-6-3-7-14-26)32(35)34(20-10-19-33)22-28-15-8-9-16-29(28)37-23-25-11-4-2-5-12-25/h2-9,11-18,21H,10,19-20,22-24,33H2,1H3. The van der Waals surface area contributed by atoms with E-state index < -0.39 is 0 Å². The molecule has 0 heterocycles. The molecule has 0 fully saturated rings. The van der Waals surface area contributed by atoms with Gasteiger partial charge < -0.3 is 24.8 Å². The fraction of sp³-hybridized carbons (Fsp3) is 0.219. The minimum Gasteiger partial charge on any atom is -0.493 e. The summed E-state index contributed by atoms with van der Waals surface area (Å²) in [7, 11) is 1.57. The lowest BCUT2D eigenvalue weighted by molar-refractivity contribution is 0.0740. The van der Waals surface area contributed by atoms with Crippen LogP contribution in [-0.2, 0) is 19.8 Å². The number of carbonyl (C=O) groups excluding carboxylic acids is 1. The second kappa shape index (κ2) is 13.9. The maximum atomic E-state index is 13.7. The van der Waals surface area contributed by atoms with Crippen LogP contribution in [0.3, 0.4) is 0 Å². The van der Waals surface area contributed by atoms with E-state index in [0.717, 1.165) is 22.4 Å². The molecule has 4 aromatic carbocycles. The van der Waals surface area contributed by atoms with Crippen LogP contribution < -0.4 is 19.9 Å². The summed E-state index contributed by atoms with van der Waals surface area (Å²) in [4.78, 5) is 15.5. The predicted molar refractivity (Wildman–Crippen MR) is 149 cm³/mol. The van der Waals surface area contributed by atoms with Crippen LogP contribution in [0.15, 0.2) is 103 Å². The molecule has 0 aliphatic carbocycles. The molecule has 0 bridgehead atoms. The van der Waals surface area contributed by atoms with Gasteiger partial charge in [0.05, 0.1) is 7.11 Å². The molecule has 0 spiro atoms. The van der Waals surface area contributed by atoms with E-state index in [2.05, 4.69) is 0 Å². The smallest absolute Gasteiger partial charge is 0.254 e. The molecule has 4 aromatic rings. The third-order valence-electron chi connectivity index (χ3n) is 6.14. The van der Waals surface area contributed by atoms with Crippen LogP contribution in [0.25, 0.3) is 0 Å². The number of nitrogens with zero attached hydrogens (tertiary/aromatic N) is 1. The molecule has 0 aliphatic heterocycles. The fourth-order valence-electron chi connectivity index (χ4n) is 4.09. The summed E-state index contributed by atoms with van der Waals surface area (Å²) in [5.41, 5.74) is 9.39. The molecule has 196 valence electrons. The molecule has 6 heteroatoms. The van der Waals surface area contributed by atoms with Gasteiger partial charge in [-0.15, -0.1) is 0 Å². The average Bonchev–Trinajstić information content (AvgIpc) is 2.98. The minimum atomic E-state index is -0.107. The van der Waals surface area contributed by atoms with Crippen LogP contribution in [0.4, 0.5) is 0 Å². The second-order valence-corrected chi connectivity index (χ2v) is 8.89. The number of hydrogen-bond acceptors (Lipinski definition) is 5.